The summed E-state index contributed by atoms with van der Waals surface area (Å²) in [6.07, 6.45) is 8.04. The molecule has 1 rings (SSSR count). The number of aliphatic hydroxyl groups is 1. The summed E-state index contributed by atoms with van der Waals surface area (Å²) in [5.74, 6) is -0.288. The zero-order valence-corrected chi connectivity index (χ0v) is 15.5. The molecule has 1 fully saturated rings. The van der Waals surface area contributed by atoms with Crippen molar-refractivity contribution in [2.24, 2.45) is 5.92 Å². The third-order valence-corrected chi connectivity index (χ3v) is 3.68. The highest BCUT2D eigenvalue weighted by atomic mass is 32.2. The van der Waals surface area contributed by atoms with Crippen LogP contribution in [0.3, 0.4) is 0 Å². The average molecular weight is 328 g/mol. The number of hydrogen-bond donors (Lipinski definition) is 2. The van der Waals surface area contributed by atoms with Crippen LogP contribution in [0.2, 0.25) is 0 Å². The second-order valence-electron chi connectivity index (χ2n) is 4.94. The van der Waals surface area contributed by atoms with Crippen molar-refractivity contribution < 1.29 is 9.90 Å². The Morgan fingerprint density at radius 2 is 1.73 bits per heavy atom. The molecule has 2 N–H and O–H groups in total. The number of rotatable bonds is 6. The summed E-state index contributed by atoms with van der Waals surface area (Å²) < 4.78 is 0. The molecule has 22 heavy (non-hydrogen) atoms. The van der Waals surface area contributed by atoms with Gasteiger partial charge in [0, 0.05) is 5.70 Å². The fourth-order valence-corrected chi connectivity index (χ4v) is 2.16. The fraction of sp³-hybridized carbons (Fsp3) is 0.611. The maximum Gasteiger partial charge on any atom is 0.218 e. The average Bonchev–Trinajstić information content (AvgIpc) is 2.56. The van der Waals surface area contributed by atoms with Crippen LogP contribution in [0.15, 0.2) is 36.6 Å². The predicted molar refractivity (Wildman–Crippen MR) is 100 cm³/mol. The third-order valence-electron chi connectivity index (χ3n) is 3.34. The van der Waals surface area contributed by atoms with E-state index in [1.165, 1.54) is 19.3 Å². The van der Waals surface area contributed by atoms with Crippen LogP contribution in [0.25, 0.3) is 0 Å². The Labute approximate surface area is 141 Å². The van der Waals surface area contributed by atoms with Crippen molar-refractivity contribution in [2.45, 2.75) is 58.9 Å². The fourth-order valence-electron chi connectivity index (χ4n) is 2.16. The van der Waals surface area contributed by atoms with E-state index in [-0.39, 0.29) is 5.78 Å². The standard InChI is InChI=1S/C13H21NO2.C3H6S.C2H6/c1-9(12-7-5-4-6-8-12)14-10(2)13(16)11(3)15;1-3-4-2;1-2/h10,12,14-15H,1,3-8H2,2H3;3H,1H2,2H3;1-2H3/t10-;;/m0../s1. The van der Waals surface area contributed by atoms with E-state index in [0.29, 0.717) is 5.92 Å². The van der Waals surface area contributed by atoms with Gasteiger partial charge in [0.05, 0.1) is 6.04 Å². The van der Waals surface area contributed by atoms with Crippen LogP contribution in [0.4, 0.5) is 0 Å². The Morgan fingerprint density at radius 1 is 1.27 bits per heavy atom. The number of ketones is 1. The molecule has 0 aromatic rings. The summed E-state index contributed by atoms with van der Waals surface area (Å²) in [4.78, 5) is 11.4. The number of Topliss-reactive ketones (excluding diaryl/α,β-unsaturated/α-hetero) is 1. The molecule has 0 aromatic carbocycles. The van der Waals surface area contributed by atoms with E-state index in [0.717, 1.165) is 18.5 Å². The summed E-state index contributed by atoms with van der Waals surface area (Å²) in [6.45, 7) is 16.4. The number of nitrogens with one attached hydrogen (secondary N) is 1. The largest absolute Gasteiger partial charge is 0.505 e. The highest BCUT2D eigenvalue weighted by molar-refractivity contribution is 8.01. The van der Waals surface area contributed by atoms with Gasteiger partial charge in [-0.05, 0) is 37.3 Å². The van der Waals surface area contributed by atoms with Gasteiger partial charge < -0.3 is 10.4 Å². The molecule has 1 atom stereocenters. The van der Waals surface area contributed by atoms with E-state index in [9.17, 15) is 4.79 Å². The van der Waals surface area contributed by atoms with Crippen molar-refractivity contribution in [3.63, 3.8) is 0 Å². The molecule has 0 aromatic heterocycles. The van der Waals surface area contributed by atoms with Crippen molar-refractivity contribution in [3.05, 3.63) is 36.6 Å². The smallest absolute Gasteiger partial charge is 0.218 e. The Balaban J connectivity index is 0. The maximum atomic E-state index is 11.4. The van der Waals surface area contributed by atoms with Gasteiger partial charge in [0.15, 0.2) is 5.76 Å². The molecular formula is C18H33NO2S. The molecule has 0 amide bonds. The first-order valence-electron chi connectivity index (χ1n) is 7.95. The molecule has 0 saturated heterocycles. The van der Waals surface area contributed by atoms with Gasteiger partial charge in [-0.15, -0.1) is 11.8 Å². The van der Waals surface area contributed by atoms with Gasteiger partial charge in [0.2, 0.25) is 5.78 Å². The van der Waals surface area contributed by atoms with Crippen molar-refractivity contribution in [1.82, 2.24) is 5.32 Å². The van der Waals surface area contributed by atoms with E-state index in [2.05, 4.69) is 25.1 Å². The van der Waals surface area contributed by atoms with Crippen LogP contribution in [-0.2, 0) is 4.79 Å². The topological polar surface area (TPSA) is 49.3 Å². The minimum atomic E-state index is -0.438. The molecule has 1 aliphatic carbocycles. The minimum Gasteiger partial charge on any atom is -0.505 e. The van der Waals surface area contributed by atoms with Gasteiger partial charge in [-0.1, -0.05) is 52.8 Å². The molecular weight excluding hydrogens is 294 g/mol. The van der Waals surface area contributed by atoms with Gasteiger partial charge in [0.1, 0.15) is 0 Å². The van der Waals surface area contributed by atoms with Crippen molar-refractivity contribution in [3.8, 4) is 0 Å². The van der Waals surface area contributed by atoms with Crippen LogP contribution in [0, 0.1) is 5.92 Å². The quantitative estimate of drug-likeness (QED) is 0.519. The minimum absolute atomic E-state index is 0.364. The van der Waals surface area contributed by atoms with Crippen LogP contribution >= 0.6 is 11.8 Å². The number of aliphatic hydroxyl groups excluding tert-OH is 1. The van der Waals surface area contributed by atoms with Gasteiger partial charge in [-0.25, -0.2) is 0 Å². The molecule has 128 valence electrons. The Bertz CT molecular complexity index is 347. The van der Waals surface area contributed by atoms with E-state index >= 15 is 0 Å². The summed E-state index contributed by atoms with van der Waals surface area (Å²) in [5, 5.41) is 13.9. The van der Waals surface area contributed by atoms with Gasteiger partial charge >= 0.3 is 0 Å². The summed E-state index contributed by atoms with van der Waals surface area (Å²) in [5.41, 5.74) is 0.918. The van der Waals surface area contributed by atoms with E-state index in [1.54, 1.807) is 24.1 Å². The molecule has 3 nitrogen and oxygen atoms in total. The van der Waals surface area contributed by atoms with E-state index in [1.807, 2.05) is 20.1 Å². The monoisotopic (exact) mass is 327 g/mol. The lowest BCUT2D eigenvalue weighted by atomic mass is 9.87. The normalized spacial score (nSPS) is 15.1. The van der Waals surface area contributed by atoms with E-state index < -0.39 is 11.8 Å². The number of carbonyl (C=O) groups excluding carboxylic acids is 1. The Kier molecular flexibility index (Phi) is 15.5. The highest BCUT2D eigenvalue weighted by Crippen LogP contribution is 2.27. The predicted octanol–water partition coefficient (Wildman–Crippen LogP) is 5.22. The lowest BCUT2D eigenvalue weighted by Gasteiger charge is -2.26. The molecule has 0 unspecified atom stereocenters. The third kappa shape index (κ3) is 10.6. The van der Waals surface area contributed by atoms with E-state index in [4.69, 9.17) is 5.11 Å². The van der Waals surface area contributed by atoms with Gasteiger partial charge in [-0.2, -0.15) is 0 Å². The SMILES string of the molecule is C=C(O)C(=O)[C@H](C)NC(=C)C1CCCCC1.C=CSC.CC. The van der Waals surface area contributed by atoms with Gasteiger partial charge in [-0.3, -0.25) is 4.79 Å². The second kappa shape index (κ2) is 14.8. The Hall–Kier alpha value is -1.16. The molecule has 0 heterocycles. The van der Waals surface area contributed by atoms with Crippen LogP contribution in [0.5, 0.6) is 0 Å². The van der Waals surface area contributed by atoms with Crippen LogP contribution in [-0.4, -0.2) is 23.2 Å². The summed E-state index contributed by atoms with van der Waals surface area (Å²) in [7, 11) is 0. The number of thioether (sulfide) groups is 1. The lowest BCUT2D eigenvalue weighted by molar-refractivity contribution is -0.119. The van der Waals surface area contributed by atoms with Gasteiger partial charge in [0.25, 0.3) is 0 Å². The number of allylic oxidation sites excluding steroid dienone is 1. The van der Waals surface area contributed by atoms with Crippen molar-refractivity contribution in [1.29, 1.82) is 0 Å². The maximum absolute atomic E-state index is 11.4. The first-order valence-corrected chi connectivity index (χ1v) is 9.23. The number of carbonyl (C=O) groups is 1. The molecule has 0 radical (unpaired) electrons. The molecule has 0 aliphatic heterocycles. The first-order chi connectivity index (χ1) is 10.4. The first kappa shape index (κ1) is 23.1. The molecule has 4 heteroatoms. The molecule has 1 aliphatic rings. The molecule has 0 bridgehead atoms. The van der Waals surface area contributed by atoms with Crippen molar-refractivity contribution >= 4 is 17.5 Å². The zero-order chi connectivity index (χ0) is 17.5. The molecule has 1 saturated carbocycles. The molecule has 0 spiro atoms. The Morgan fingerprint density at radius 3 is 2.09 bits per heavy atom. The summed E-state index contributed by atoms with van der Waals surface area (Å²) >= 11 is 1.62. The van der Waals surface area contributed by atoms with Crippen molar-refractivity contribution in [2.75, 3.05) is 6.26 Å². The zero-order valence-electron chi connectivity index (χ0n) is 14.7. The lowest BCUT2D eigenvalue weighted by Crippen LogP contribution is -2.36. The second-order valence-corrected chi connectivity index (χ2v) is 5.74. The number of hydrogen-bond acceptors (Lipinski definition) is 4. The highest BCUT2D eigenvalue weighted by Gasteiger charge is 2.21. The summed E-state index contributed by atoms with van der Waals surface area (Å²) in [6, 6.07) is -0.438. The van der Waals surface area contributed by atoms with Crippen LogP contribution < -0.4 is 5.32 Å². The van der Waals surface area contributed by atoms with Crippen LogP contribution in [0.1, 0.15) is 52.9 Å².